The molecule has 0 radical (unpaired) electrons. The van der Waals surface area contributed by atoms with Crippen LogP contribution >= 0.6 is 15.9 Å². The van der Waals surface area contributed by atoms with Crippen LogP contribution in [0.4, 0.5) is 5.69 Å². The van der Waals surface area contributed by atoms with E-state index < -0.39 is 0 Å². The standard InChI is InChI=1S/C11H14BrNO/c12-9-5-10(13)7-11(6-9)14-4-3-8-1-2-8/h5-8H,1-4,13H2. The fraction of sp³-hybridized carbons (Fsp3) is 0.455. The Balaban J connectivity index is 1.87. The summed E-state index contributed by atoms with van der Waals surface area (Å²) in [7, 11) is 0. The number of nitrogens with two attached hydrogens (primary N) is 1. The van der Waals surface area contributed by atoms with Crippen molar-refractivity contribution in [2.24, 2.45) is 5.92 Å². The molecule has 0 aromatic heterocycles. The monoisotopic (exact) mass is 255 g/mol. The van der Waals surface area contributed by atoms with E-state index in [9.17, 15) is 0 Å². The van der Waals surface area contributed by atoms with E-state index in [-0.39, 0.29) is 0 Å². The third-order valence-corrected chi connectivity index (χ3v) is 2.84. The van der Waals surface area contributed by atoms with E-state index in [0.717, 1.165) is 28.4 Å². The second kappa shape index (κ2) is 4.22. The van der Waals surface area contributed by atoms with Crippen molar-refractivity contribution in [3.63, 3.8) is 0 Å². The molecule has 0 heterocycles. The van der Waals surface area contributed by atoms with Gasteiger partial charge >= 0.3 is 0 Å². The van der Waals surface area contributed by atoms with Crippen molar-refractivity contribution in [1.82, 2.24) is 0 Å². The lowest BCUT2D eigenvalue weighted by molar-refractivity contribution is 0.302. The SMILES string of the molecule is Nc1cc(Br)cc(OCCC2CC2)c1. The maximum Gasteiger partial charge on any atom is 0.122 e. The smallest absolute Gasteiger partial charge is 0.122 e. The van der Waals surface area contributed by atoms with Crippen molar-refractivity contribution < 1.29 is 4.74 Å². The van der Waals surface area contributed by atoms with E-state index in [1.807, 2.05) is 18.2 Å². The second-order valence-corrected chi connectivity index (χ2v) is 4.72. The molecule has 0 atom stereocenters. The molecule has 0 spiro atoms. The first-order valence-corrected chi connectivity index (χ1v) is 5.72. The molecule has 0 aliphatic heterocycles. The topological polar surface area (TPSA) is 35.2 Å². The van der Waals surface area contributed by atoms with Crippen LogP contribution in [0.2, 0.25) is 0 Å². The van der Waals surface area contributed by atoms with Gasteiger partial charge in [-0.05, 0) is 24.5 Å². The molecule has 2 rings (SSSR count). The highest BCUT2D eigenvalue weighted by Gasteiger charge is 2.20. The Morgan fingerprint density at radius 3 is 2.79 bits per heavy atom. The molecule has 2 nitrogen and oxygen atoms in total. The van der Waals surface area contributed by atoms with Crippen molar-refractivity contribution in [2.75, 3.05) is 12.3 Å². The maximum absolute atomic E-state index is 5.69. The fourth-order valence-corrected chi connectivity index (χ4v) is 1.91. The highest BCUT2D eigenvalue weighted by atomic mass is 79.9. The number of halogens is 1. The summed E-state index contributed by atoms with van der Waals surface area (Å²) in [5, 5.41) is 0. The van der Waals surface area contributed by atoms with Gasteiger partial charge in [-0.15, -0.1) is 0 Å². The Labute approximate surface area is 92.6 Å². The van der Waals surface area contributed by atoms with Gasteiger partial charge in [0.1, 0.15) is 5.75 Å². The van der Waals surface area contributed by atoms with Crippen molar-refractivity contribution in [3.8, 4) is 5.75 Å². The Morgan fingerprint density at radius 2 is 2.14 bits per heavy atom. The first-order valence-electron chi connectivity index (χ1n) is 4.93. The van der Waals surface area contributed by atoms with Crippen molar-refractivity contribution in [1.29, 1.82) is 0 Å². The average molecular weight is 256 g/mol. The molecule has 1 aromatic carbocycles. The molecular weight excluding hydrogens is 242 g/mol. The maximum atomic E-state index is 5.69. The van der Waals surface area contributed by atoms with Crippen LogP contribution in [0.15, 0.2) is 22.7 Å². The van der Waals surface area contributed by atoms with Gasteiger partial charge in [0.25, 0.3) is 0 Å². The molecule has 1 aromatic rings. The summed E-state index contributed by atoms with van der Waals surface area (Å²) in [6, 6.07) is 5.68. The molecule has 3 heteroatoms. The molecule has 1 aliphatic rings. The lowest BCUT2D eigenvalue weighted by Crippen LogP contribution is -1.98. The van der Waals surface area contributed by atoms with Gasteiger partial charge in [-0.1, -0.05) is 28.8 Å². The Bertz CT molecular complexity index is 303. The van der Waals surface area contributed by atoms with Crippen LogP contribution < -0.4 is 10.5 Å². The third kappa shape index (κ3) is 2.91. The zero-order chi connectivity index (χ0) is 9.97. The van der Waals surface area contributed by atoms with Gasteiger partial charge in [-0.3, -0.25) is 0 Å². The van der Waals surface area contributed by atoms with Gasteiger partial charge < -0.3 is 10.5 Å². The Kier molecular flexibility index (Phi) is 2.96. The first kappa shape index (κ1) is 9.84. The predicted molar refractivity (Wildman–Crippen MR) is 61.4 cm³/mol. The number of rotatable bonds is 4. The molecule has 0 amide bonds. The molecule has 14 heavy (non-hydrogen) atoms. The first-order chi connectivity index (χ1) is 6.74. The summed E-state index contributed by atoms with van der Waals surface area (Å²) in [6.07, 6.45) is 3.93. The van der Waals surface area contributed by atoms with Crippen LogP contribution in [-0.2, 0) is 0 Å². The van der Waals surface area contributed by atoms with Gasteiger partial charge in [0.05, 0.1) is 6.61 Å². The summed E-state index contributed by atoms with van der Waals surface area (Å²) in [4.78, 5) is 0. The highest BCUT2D eigenvalue weighted by molar-refractivity contribution is 9.10. The molecule has 0 bridgehead atoms. The number of hydrogen-bond donors (Lipinski definition) is 1. The van der Waals surface area contributed by atoms with E-state index in [2.05, 4.69) is 15.9 Å². The van der Waals surface area contributed by atoms with Crippen molar-refractivity contribution >= 4 is 21.6 Å². The van der Waals surface area contributed by atoms with Crippen LogP contribution in [0.3, 0.4) is 0 Å². The molecule has 76 valence electrons. The summed E-state index contributed by atoms with van der Waals surface area (Å²) >= 11 is 3.39. The van der Waals surface area contributed by atoms with Gasteiger partial charge in [0.15, 0.2) is 0 Å². The van der Waals surface area contributed by atoms with E-state index in [4.69, 9.17) is 10.5 Å². The van der Waals surface area contributed by atoms with E-state index >= 15 is 0 Å². The lowest BCUT2D eigenvalue weighted by Gasteiger charge is -2.06. The molecule has 0 unspecified atom stereocenters. The van der Waals surface area contributed by atoms with Crippen LogP contribution in [0.5, 0.6) is 5.75 Å². The van der Waals surface area contributed by atoms with Crippen LogP contribution in [0.25, 0.3) is 0 Å². The summed E-state index contributed by atoms with van der Waals surface area (Å²) in [5.41, 5.74) is 6.43. The summed E-state index contributed by atoms with van der Waals surface area (Å²) < 4.78 is 6.58. The van der Waals surface area contributed by atoms with Crippen molar-refractivity contribution in [3.05, 3.63) is 22.7 Å². The van der Waals surface area contributed by atoms with Gasteiger partial charge in [-0.2, -0.15) is 0 Å². The summed E-state index contributed by atoms with van der Waals surface area (Å²) in [5.74, 6) is 1.78. The van der Waals surface area contributed by atoms with Crippen LogP contribution in [-0.4, -0.2) is 6.61 Å². The van der Waals surface area contributed by atoms with Crippen LogP contribution in [0, 0.1) is 5.92 Å². The number of nitrogen functional groups attached to an aromatic ring is 1. The van der Waals surface area contributed by atoms with Gasteiger partial charge in [0, 0.05) is 16.2 Å². The largest absolute Gasteiger partial charge is 0.493 e. The molecule has 1 saturated carbocycles. The van der Waals surface area contributed by atoms with E-state index in [0.29, 0.717) is 0 Å². The molecule has 2 N–H and O–H groups in total. The van der Waals surface area contributed by atoms with Crippen molar-refractivity contribution in [2.45, 2.75) is 19.3 Å². The zero-order valence-corrected chi connectivity index (χ0v) is 9.59. The molecule has 1 aliphatic carbocycles. The van der Waals surface area contributed by atoms with E-state index in [1.54, 1.807) is 0 Å². The average Bonchev–Trinajstić information content (AvgIpc) is 2.86. The minimum Gasteiger partial charge on any atom is -0.493 e. The van der Waals surface area contributed by atoms with Gasteiger partial charge in [0.2, 0.25) is 0 Å². The highest BCUT2D eigenvalue weighted by Crippen LogP contribution is 2.32. The Morgan fingerprint density at radius 1 is 1.36 bits per heavy atom. The quantitative estimate of drug-likeness (QED) is 0.839. The van der Waals surface area contributed by atoms with Gasteiger partial charge in [-0.25, -0.2) is 0 Å². The fourth-order valence-electron chi connectivity index (χ4n) is 1.42. The normalized spacial score (nSPS) is 15.5. The zero-order valence-electron chi connectivity index (χ0n) is 8.00. The lowest BCUT2D eigenvalue weighted by atomic mass is 10.3. The number of benzene rings is 1. The minimum absolute atomic E-state index is 0.737. The Hall–Kier alpha value is -0.700. The van der Waals surface area contributed by atoms with E-state index in [1.165, 1.54) is 19.3 Å². The predicted octanol–water partition coefficient (Wildman–Crippen LogP) is 3.21. The minimum atomic E-state index is 0.737. The number of hydrogen-bond acceptors (Lipinski definition) is 2. The number of ether oxygens (including phenoxy) is 1. The summed E-state index contributed by atoms with van der Waals surface area (Å²) in [6.45, 7) is 0.806. The van der Waals surface area contributed by atoms with Crippen LogP contribution in [0.1, 0.15) is 19.3 Å². The third-order valence-electron chi connectivity index (χ3n) is 2.39. The molecule has 1 fully saturated rings. The molecule has 0 saturated heterocycles. The second-order valence-electron chi connectivity index (χ2n) is 3.80. The molecular formula is C11H14BrNO. The number of anilines is 1.